The van der Waals surface area contributed by atoms with E-state index in [1.165, 1.54) is 28.2 Å². The maximum absolute atomic E-state index is 12.8. The first-order chi connectivity index (χ1) is 16.7. The third-order valence-electron chi connectivity index (χ3n) is 9.15. The first-order valence-electron chi connectivity index (χ1n) is 12.9. The normalized spacial score (nSPS) is 30.5. The molecule has 1 amide bonds. The molecule has 2 aromatic rings. The van der Waals surface area contributed by atoms with Crippen molar-refractivity contribution in [3.05, 3.63) is 39.4 Å². The number of amides is 1. The van der Waals surface area contributed by atoms with Gasteiger partial charge in [0.05, 0.1) is 5.71 Å². The van der Waals surface area contributed by atoms with Crippen LogP contribution in [0, 0.1) is 43.9 Å². The molecule has 3 aliphatic rings. The highest BCUT2D eigenvalue weighted by molar-refractivity contribution is 7.15. The van der Waals surface area contributed by atoms with Crippen LogP contribution in [0.1, 0.15) is 78.5 Å². The summed E-state index contributed by atoms with van der Waals surface area (Å²) < 4.78 is 0. The van der Waals surface area contributed by atoms with E-state index in [0.29, 0.717) is 41.0 Å². The maximum Gasteiger partial charge on any atom is 0.226 e. The number of aromatic hydroxyl groups is 1. The molecule has 3 aliphatic carbocycles. The second-order valence-electron chi connectivity index (χ2n) is 11.1. The zero-order valence-electron chi connectivity index (χ0n) is 21.5. The summed E-state index contributed by atoms with van der Waals surface area (Å²) in [5.41, 5.74) is 6.04. The number of carbonyl (C=O) groups is 1. The number of aryl methyl sites for hydroxylation is 2. The fraction of sp³-hybridized carbons (Fsp3) is 0.607. The van der Waals surface area contributed by atoms with E-state index in [9.17, 15) is 9.90 Å². The minimum Gasteiger partial charge on any atom is -0.507 e. The van der Waals surface area contributed by atoms with Crippen molar-refractivity contribution in [1.29, 1.82) is 0 Å². The molecule has 0 aliphatic heterocycles. The molecule has 188 valence electrons. The SMILES string of the molecule is CO/N=C1\CC(CCC(=O)Nc2ncc(C)s2)C2C3CCc4c(cc(C)c(O)c4C)C3CCC12C. The van der Waals surface area contributed by atoms with Gasteiger partial charge in [-0.3, -0.25) is 4.79 Å². The number of nitrogens with zero attached hydrogens (tertiary/aromatic N) is 2. The summed E-state index contributed by atoms with van der Waals surface area (Å²) in [6, 6.07) is 2.24. The van der Waals surface area contributed by atoms with Gasteiger partial charge >= 0.3 is 0 Å². The Bertz CT molecular complexity index is 1170. The number of hydrogen-bond donors (Lipinski definition) is 2. The van der Waals surface area contributed by atoms with Crippen molar-refractivity contribution in [2.75, 3.05) is 12.4 Å². The molecule has 2 N–H and O–H groups in total. The van der Waals surface area contributed by atoms with E-state index in [0.717, 1.165) is 54.5 Å². The van der Waals surface area contributed by atoms with Crippen LogP contribution in [-0.2, 0) is 16.1 Å². The minimum absolute atomic E-state index is 0.0171. The Labute approximate surface area is 212 Å². The molecule has 0 radical (unpaired) electrons. The van der Waals surface area contributed by atoms with Gasteiger partial charge in [0, 0.05) is 22.9 Å². The lowest BCUT2D eigenvalue weighted by Crippen LogP contribution is -2.44. The molecule has 35 heavy (non-hydrogen) atoms. The largest absolute Gasteiger partial charge is 0.507 e. The van der Waals surface area contributed by atoms with Crippen LogP contribution in [0.2, 0.25) is 0 Å². The van der Waals surface area contributed by atoms with Crippen LogP contribution in [0.15, 0.2) is 17.4 Å². The van der Waals surface area contributed by atoms with Crippen molar-refractivity contribution in [3.63, 3.8) is 0 Å². The molecule has 7 heteroatoms. The molecular weight excluding hydrogens is 458 g/mol. The van der Waals surface area contributed by atoms with Gasteiger partial charge in [-0.25, -0.2) is 4.98 Å². The lowest BCUT2D eigenvalue weighted by molar-refractivity contribution is -0.116. The lowest BCUT2D eigenvalue weighted by Gasteiger charge is -2.50. The highest BCUT2D eigenvalue weighted by Gasteiger charge is 2.57. The summed E-state index contributed by atoms with van der Waals surface area (Å²) in [4.78, 5) is 23.4. The van der Waals surface area contributed by atoms with E-state index >= 15 is 0 Å². The quantitative estimate of drug-likeness (QED) is 0.478. The second-order valence-corrected chi connectivity index (χ2v) is 12.3. The number of fused-ring (bicyclic) bond motifs is 5. The fourth-order valence-corrected chi connectivity index (χ4v) is 8.28. The van der Waals surface area contributed by atoms with E-state index in [1.807, 2.05) is 13.8 Å². The summed E-state index contributed by atoms with van der Waals surface area (Å²) in [6.45, 7) is 8.46. The van der Waals surface area contributed by atoms with Crippen molar-refractivity contribution in [2.24, 2.45) is 28.3 Å². The number of aromatic nitrogens is 1. The number of anilines is 1. The maximum atomic E-state index is 12.8. The Kier molecular flexibility index (Phi) is 6.41. The van der Waals surface area contributed by atoms with Gasteiger partial charge in [0.2, 0.25) is 5.91 Å². The fourth-order valence-electron chi connectivity index (χ4n) is 7.60. The highest BCUT2D eigenvalue weighted by Crippen LogP contribution is 2.63. The molecule has 5 rings (SSSR count). The second kappa shape index (κ2) is 9.23. The number of oxime groups is 1. The van der Waals surface area contributed by atoms with E-state index in [4.69, 9.17) is 4.84 Å². The first-order valence-corrected chi connectivity index (χ1v) is 13.7. The Balaban J connectivity index is 1.41. The molecule has 5 unspecified atom stereocenters. The lowest BCUT2D eigenvalue weighted by atomic mass is 9.53. The van der Waals surface area contributed by atoms with Gasteiger partial charge in [0.1, 0.15) is 12.9 Å². The van der Waals surface area contributed by atoms with Crippen molar-refractivity contribution in [2.45, 2.75) is 78.6 Å². The summed E-state index contributed by atoms with van der Waals surface area (Å²) in [5.74, 6) is 2.45. The van der Waals surface area contributed by atoms with Crippen molar-refractivity contribution >= 4 is 28.1 Å². The number of hydrogen-bond acceptors (Lipinski definition) is 6. The molecule has 5 atom stereocenters. The molecule has 0 bridgehead atoms. The van der Waals surface area contributed by atoms with Gasteiger partial charge < -0.3 is 15.3 Å². The highest BCUT2D eigenvalue weighted by atomic mass is 32.1. The number of rotatable bonds is 5. The van der Waals surface area contributed by atoms with Gasteiger partial charge in [-0.05, 0) is 105 Å². The number of phenolic OH excluding ortho intramolecular Hbond substituents is 1. The molecule has 2 saturated carbocycles. The molecule has 0 spiro atoms. The van der Waals surface area contributed by atoms with Gasteiger partial charge in [0.15, 0.2) is 5.13 Å². The van der Waals surface area contributed by atoms with Crippen LogP contribution in [0.5, 0.6) is 5.75 Å². The van der Waals surface area contributed by atoms with Gasteiger partial charge in [-0.2, -0.15) is 0 Å². The van der Waals surface area contributed by atoms with E-state index in [-0.39, 0.29) is 11.3 Å². The summed E-state index contributed by atoms with van der Waals surface area (Å²) in [7, 11) is 1.64. The summed E-state index contributed by atoms with van der Waals surface area (Å²) >= 11 is 1.51. The Morgan fingerprint density at radius 3 is 2.86 bits per heavy atom. The molecular formula is C28H37N3O3S. The topological polar surface area (TPSA) is 83.8 Å². The monoisotopic (exact) mass is 495 g/mol. The van der Waals surface area contributed by atoms with Crippen molar-refractivity contribution in [3.8, 4) is 5.75 Å². The molecule has 6 nitrogen and oxygen atoms in total. The number of phenols is 1. The van der Waals surface area contributed by atoms with Crippen LogP contribution in [0.4, 0.5) is 5.13 Å². The standard InChI is InChI=1S/C28H37N3O3S/c1-15-12-22-19(17(3)26(15)33)7-8-21-20(22)10-11-28(4)23(31-34-5)13-18(25(21)28)6-9-24(32)30-27-29-14-16(2)35-27/h12,14,18,20-21,25,33H,6-11,13H2,1-5H3,(H,29,30,32)/b31-23+. The van der Waals surface area contributed by atoms with E-state index < -0.39 is 0 Å². The van der Waals surface area contributed by atoms with E-state index in [1.54, 1.807) is 13.3 Å². The first kappa shape index (κ1) is 24.3. The third-order valence-corrected chi connectivity index (χ3v) is 9.98. The van der Waals surface area contributed by atoms with Gasteiger partial charge in [-0.1, -0.05) is 18.1 Å². The molecule has 0 saturated heterocycles. The predicted octanol–water partition coefficient (Wildman–Crippen LogP) is 6.28. The summed E-state index contributed by atoms with van der Waals surface area (Å²) in [5, 5.41) is 18.7. The molecule has 1 aromatic heterocycles. The predicted molar refractivity (Wildman–Crippen MR) is 140 cm³/mol. The molecule has 1 heterocycles. The van der Waals surface area contributed by atoms with Crippen LogP contribution >= 0.6 is 11.3 Å². The van der Waals surface area contributed by atoms with Gasteiger partial charge in [-0.15, -0.1) is 11.3 Å². The molecule has 1 aromatic carbocycles. The zero-order valence-corrected chi connectivity index (χ0v) is 22.3. The van der Waals surface area contributed by atoms with E-state index in [2.05, 4.69) is 35.4 Å². The Hall–Kier alpha value is -2.41. The van der Waals surface area contributed by atoms with Crippen molar-refractivity contribution < 1.29 is 14.7 Å². The van der Waals surface area contributed by atoms with Crippen LogP contribution in [-0.4, -0.2) is 28.8 Å². The van der Waals surface area contributed by atoms with Crippen molar-refractivity contribution in [1.82, 2.24) is 4.98 Å². The third kappa shape index (κ3) is 4.15. The van der Waals surface area contributed by atoms with Gasteiger partial charge in [0.25, 0.3) is 0 Å². The number of nitrogens with one attached hydrogen (secondary N) is 1. The Morgan fingerprint density at radius 1 is 1.34 bits per heavy atom. The van der Waals surface area contributed by atoms with Crippen LogP contribution in [0.25, 0.3) is 0 Å². The minimum atomic E-state index is 0.0171. The summed E-state index contributed by atoms with van der Waals surface area (Å²) in [6.07, 6.45) is 8.40. The van der Waals surface area contributed by atoms with Crippen LogP contribution < -0.4 is 5.32 Å². The average Bonchev–Trinajstić information content (AvgIpc) is 3.36. The van der Waals surface area contributed by atoms with Crippen LogP contribution in [0.3, 0.4) is 0 Å². The number of carbonyl (C=O) groups excluding carboxylic acids is 1. The zero-order chi connectivity index (χ0) is 24.9. The Morgan fingerprint density at radius 2 is 2.14 bits per heavy atom. The number of thiazole rings is 1. The molecule has 2 fully saturated rings. The average molecular weight is 496 g/mol. The smallest absolute Gasteiger partial charge is 0.226 e. The number of benzene rings is 1.